The summed E-state index contributed by atoms with van der Waals surface area (Å²) in [4.78, 5) is 39.1. The van der Waals surface area contributed by atoms with Crippen molar-refractivity contribution in [1.82, 2.24) is 13.3 Å². The van der Waals surface area contributed by atoms with E-state index in [9.17, 15) is 69.5 Å². The minimum atomic E-state index is -3.50. The second-order valence-corrected chi connectivity index (χ2v) is 54.5. The van der Waals surface area contributed by atoms with E-state index in [4.69, 9.17) is 4.74 Å². The fraction of sp³-hybridized carbons (Fsp3) is 0.412. The molecular weight excluding hydrogens is 1810 g/mol. The quantitative estimate of drug-likeness (QED) is 0.119. The predicted molar refractivity (Wildman–Crippen MR) is 535 cm³/mol. The van der Waals surface area contributed by atoms with Crippen molar-refractivity contribution in [3.8, 4) is 5.75 Å². The zero-order chi connectivity index (χ0) is 101. The Morgan fingerprint density at radius 3 is 1.26 bits per heavy atom. The third kappa shape index (κ3) is 23.2. The average molecular weight is 1940 g/mol. The number of carbonyl (C=O) groups is 3. The van der Waals surface area contributed by atoms with Crippen LogP contribution in [0.2, 0.25) is 0 Å². The van der Waals surface area contributed by atoms with Gasteiger partial charge in [-0.05, 0) is 196 Å². The molecule has 720 valence electrons. The van der Waals surface area contributed by atoms with Gasteiger partial charge in [-0.3, -0.25) is 27.7 Å². The van der Waals surface area contributed by atoms with Gasteiger partial charge >= 0.3 is 5.92 Å². The molecule has 1 unspecified atom stereocenters. The largest absolute Gasteiger partial charge is 0.440 e. The molecule has 1 amide bonds. The number of fused-ring (bicyclic) bond motifs is 8. The molecule has 23 nitrogen and oxygen atoms in total. The number of hydrogen-bond donors (Lipinski definition) is 3. The zero-order valence-corrected chi connectivity index (χ0v) is 87.2. The van der Waals surface area contributed by atoms with Crippen LogP contribution < -0.4 is 34.2 Å². The Morgan fingerprint density at radius 1 is 0.368 bits per heavy atom. The van der Waals surface area contributed by atoms with Crippen LogP contribution in [0.1, 0.15) is 248 Å². The molecule has 31 heteroatoms. The molecular formula is C102H132F2N8O15S6. The molecule has 3 N–H and O–H groups in total. The van der Waals surface area contributed by atoms with E-state index in [1.807, 2.05) is 129 Å². The number of alkyl halides is 2. The highest BCUT2D eigenvalue weighted by Crippen LogP contribution is 2.46. The summed E-state index contributed by atoms with van der Waals surface area (Å²) in [5.41, 5.74) is 14.6. The maximum absolute atomic E-state index is 13.5. The number of likely N-dealkylation sites (N-methyl/N-ethyl adjacent to an activating group) is 1. The number of allylic oxidation sites excluding steroid dienone is 1. The van der Waals surface area contributed by atoms with Crippen molar-refractivity contribution in [3.63, 3.8) is 0 Å². The monoisotopic (exact) mass is 1940 g/mol. The highest BCUT2D eigenvalue weighted by molar-refractivity contribution is 8.01. The summed E-state index contributed by atoms with van der Waals surface area (Å²) in [6, 6.07) is 44.3. The molecule has 8 aromatic carbocycles. The van der Waals surface area contributed by atoms with Crippen LogP contribution in [0.4, 0.5) is 37.2 Å². The van der Waals surface area contributed by atoms with Crippen molar-refractivity contribution in [2.45, 2.75) is 252 Å². The van der Waals surface area contributed by atoms with Gasteiger partial charge in [-0.25, -0.2) is 46.3 Å². The molecule has 8 aliphatic heterocycles. The smallest absolute Gasteiger partial charge is 0.352 e. The van der Waals surface area contributed by atoms with Gasteiger partial charge in [0.25, 0.3) is 36.0 Å². The maximum Gasteiger partial charge on any atom is 0.352 e. The van der Waals surface area contributed by atoms with E-state index < -0.39 is 71.3 Å². The fourth-order valence-corrected chi connectivity index (χ4v) is 23.4. The van der Waals surface area contributed by atoms with Crippen molar-refractivity contribution < 1.29 is 74.2 Å². The third-order valence-electron chi connectivity index (χ3n) is 24.0. The number of hydrogen-bond acceptors (Lipinski definition) is 18. The van der Waals surface area contributed by atoms with Gasteiger partial charge in [-0.15, -0.1) is 0 Å². The second-order valence-electron chi connectivity index (χ2n) is 42.7. The first-order valence-corrected chi connectivity index (χ1v) is 52.8. The first kappa shape index (κ1) is 106. The highest BCUT2D eigenvalue weighted by Gasteiger charge is 2.49. The number of nitrogens with one attached hydrogen (secondary N) is 3. The van der Waals surface area contributed by atoms with E-state index in [0.29, 0.717) is 72.6 Å². The van der Waals surface area contributed by atoms with Crippen LogP contribution in [0.5, 0.6) is 5.75 Å². The zero-order valence-electron chi connectivity index (χ0n) is 82.3. The average Bonchev–Trinajstić information content (AvgIpc) is 1.71. The Balaban J connectivity index is 0.000000171. The summed E-state index contributed by atoms with van der Waals surface area (Å²) in [6.07, 6.45) is 0.593. The van der Waals surface area contributed by atoms with E-state index in [0.717, 1.165) is 61.6 Å². The van der Waals surface area contributed by atoms with Gasteiger partial charge in [0.05, 0.1) is 64.1 Å². The molecule has 0 saturated heterocycles. The van der Waals surface area contributed by atoms with Gasteiger partial charge in [-0.2, -0.15) is 8.78 Å². The van der Waals surface area contributed by atoms with E-state index in [-0.39, 0.29) is 87.4 Å². The number of ketones is 2. The molecule has 0 fully saturated rings. The maximum atomic E-state index is 13.5. The number of Topliss-reactive ketones (excluding diaryl/α,β-unsaturated/α-hetero) is 2. The highest BCUT2D eigenvalue weighted by atomic mass is 32.2. The first-order valence-electron chi connectivity index (χ1n) is 43.3. The number of sulfonamides is 3. The molecule has 16 rings (SSSR count). The Bertz CT molecular complexity index is 6810. The van der Waals surface area contributed by atoms with Crippen LogP contribution in [0, 0.1) is 0 Å². The normalized spacial score (nSPS) is 18.8. The van der Waals surface area contributed by atoms with Crippen LogP contribution in [-0.4, -0.2) is 125 Å². The molecule has 0 saturated carbocycles. The molecule has 133 heavy (non-hydrogen) atoms. The third-order valence-corrected chi connectivity index (χ3v) is 34.4. The van der Waals surface area contributed by atoms with Crippen molar-refractivity contribution >= 4 is 111 Å². The number of ether oxygens (including phenoxy) is 1. The van der Waals surface area contributed by atoms with E-state index in [2.05, 4.69) is 182 Å². The van der Waals surface area contributed by atoms with Crippen molar-refractivity contribution in [1.29, 1.82) is 0 Å². The molecule has 8 aromatic rings. The van der Waals surface area contributed by atoms with Gasteiger partial charge in [0.1, 0.15) is 32.9 Å². The van der Waals surface area contributed by atoms with Gasteiger partial charge in [-0.1, -0.05) is 247 Å². The lowest BCUT2D eigenvalue weighted by Gasteiger charge is -2.36. The van der Waals surface area contributed by atoms with Crippen LogP contribution in [-0.2, 0) is 126 Å². The van der Waals surface area contributed by atoms with Crippen LogP contribution in [0.25, 0.3) is 0 Å². The SMILES string of the molecule is C=C1Cc2ccc(C(C)(C)C)cc2S(=O)(=O)N1C.C=C1N(C)c2ccc(C(C)(C)C)cc2S(=O)(=O)N1C.C=C1NS(=O)(=O)c2cc(C(C)(C)C)ccc2N1C.C=C1Nc2ccc(C(C)(C)C)cc2O1.C=S1(=O)Cc2ccc(C(C)(C)C)cc2N1C.CC(C)(C)c1ccc2c(c1)C(=O)CS2(=O)=O.CC(C)(C)c1ccc2c(c1)C(F)(F)C(=O)N2.CC(C)(C)c1ccc2c(c1)S(=O)(=O)CC2=O. The topological polar surface area (TPSA) is 300 Å². The number of carbonyl (C=O) groups excluding carboxylic acids is 3. The van der Waals surface area contributed by atoms with Gasteiger partial charge in [0.2, 0.25) is 0 Å². The number of rotatable bonds is 0. The minimum Gasteiger partial charge on any atom is -0.440 e. The minimum absolute atomic E-state index is 0.0580. The molecule has 0 aromatic heterocycles. The summed E-state index contributed by atoms with van der Waals surface area (Å²) in [7, 11) is -10.7. The number of benzene rings is 8. The lowest BCUT2D eigenvalue weighted by Crippen LogP contribution is -2.39. The van der Waals surface area contributed by atoms with Crippen LogP contribution >= 0.6 is 0 Å². The molecule has 0 radical (unpaired) electrons. The molecule has 0 bridgehead atoms. The molecule has 1 atom stereocenters. The van der Waals surface area contributed by atoms with Crippen molar-refractivity contribution in [3.05, 3.63) is 267 Å². The van der Waals surface area contributed by atoms with Gasteiger partial charge < -0.3 is 29.5 Å². The second kappa shape index (κ2) is 36.7. The lowest BCUT2D eigenvalue weighted by molar-refractivity contribution is -0.139. The van der Waals surface area contributed by atoms with Crippen molar-refractivity contribution in [2.24, 2.45) is 0 Å². The Hall–Kier alpha value is -10.4. The molecule has 8 heterocycles. The Labute approximate surface area is 789 Å². The first-order chi connectivity index (χ1) is 60.2. The van der Waals surface area contributed by atoms with E-state index >= 15 is 0 Å². The van der Waals surface area contributed by atoms with Gasteiger partial charge in [0, 0.05) is 58.5 Å². The fourth-order valence-electron chi connectivity index (χ4n) is 14.8. The van der Waals surface area contributed by atoms with E-state index in [1.165, 1.54) is 38.9 Å². The Morgan fingerprint density at radius 2 is 0.752 bits per heavy atom. The number of sulfone groups is 2. The number of nitrogens with zero attached hydrogens (tertiary/aromatic N) is 5. The van der Waals surface area contributed by atoms with Gasteiger partial charge in [0.15, 0.2) is 42.9 Å². The van der Waals surface area contributed by atoms with Crippen molar-refractivity contribution in [2.75, 3.05) is 71.5 Å². The molecule has 0 spiro atoms. The van der Waals surface area contributed by atoms with Crippen LogP contribution in [0.3, 0.4) is 0 Å². The van der Waals surface area contributed by atoms with E-state index in [1.54, 1.807) is 78.5 Å². The number of halogens is 2. The Kier molecular flexibility index (Phi) is 29.3. The summed E-state index contributed by atoms with van der Waals surface area (Å²) < 4.78 is 172. The predicted octanol–water partition coefficient (Wildman–Crippen LogP) is 20.1. The lowest BCUT2D eigenvalue weighted by atomic mass is 9.85. The summed E-state index contributed by atoms with van der Waals surface area (Å²) in [6.45, 7) is 64.7. The number of amides is 1. The molecule has 8 aliphatic rings. The van der Waals surface area contributed by atoms with Crippen LogP contribution in [0.15, 0.2) is 220 Å². The number of anilines is 5. The standard InChI is InChI=1S/C14H20N2O2S.C14H19NO2S.C13H18N2O2S.C13H19NOS.C12H13F2NO.C12H15NO.2C12H14O3S/c1-10-15(5)12-8-7-11(14(2,3)4)9-13(12)19(17,18)16(10)6;1-10-8-11-6-7-12(14(2,3)4)9-13(11)18(16,17)15(10)5;1-9-14-18(16,17)12-8-10(13(2,3)4)6-7-11(12)15(9)5;1-13(2,3)11-7-6-10-9-16(5,15)14(4)12(10)8-11;1-11(2,3)7-4-5-9-8(6-7)12(13,14)10(16)15-9;1-8-13-10-6-5-9(12(2,3)4)7-11(10)14-8;1-12(2,3)8-4-5-11-9(6-8)10(13)7-16(11,14)15;1-12(2,3)8-4-5-9-10(13)7-16(14,15)11(9)6-8/h7-9H,1H2,2-6H3;6-7,9H,1,8H2,2-5H3;6-8,14H,1H2,2-5H3;6-8H,5,9H2,1-4H3;4-6H,1-3H3,(H,15,16);5-7,13H,1H2,2-4H3;2*4-6H,7H2,1-3H3. The summed E-state index contributed by atoms with van der Waals surface area (Å²) >= 11 is 0. The summed E-state index contributed by atoms with van der Waals surface area (Å²) in [5.74, 6) is 0.692. The molecule has 0 aliphatic carbocycles. The summed E-state index contributed by atoms with van der Waals surface area (Å²) in [5, 5.41) is 5.24.